The quantitative estimate of drug-likeness (QED) is 0.609. The fourth-order valence-corrected chi connectivity index (χ4v) is 4.84. The minimum atomic E-state index is -3.72. The number of hydrogen-bond acceptors (Lipinski definition) is 4. The highest BCUT2D eigenvalue weighted by Gasteiger charge is 2.42. The first-order valence-electron chi connectivity index (χ1n) is 11.5. The Labute approximate surface area is 203 Å². The number of rotatable bonds is 4. The average Bonchev–Trinajstić information content (AvgIpc) is 3.04. The van der Waals surface area contributed by atoms with Gasteiger partial charge in [-0.3, -0.25) is 0 Å². The summed E-state index contributed by atoms with van der Waals surface area (Å²) in [6.07, 6.45) is 2.29. The van der Waals surface area contributed by atoms with Crippen LogP contribution in [0.5, 0.6) is 0 Å². The van der Waals surface area contributed by atoms with Crippen molar-refractivity contribution in [3.8, 4) is 23.0 Å². The van der Waals surface area contributed by atoms with Crippen LogP contribution in [-0.2, 0) is 14.8 Å². The van der Waals surface area contributed by atoms with E-state index < -0.39 is 15.6 Å². The summed E-state index contributed by atoms with van der Waals surface area (Å²) in [7, 11) is -3.72. The smallest absolute Gasteiger partial charge is 0.410 e. The number of likely N-dealkylation sites (tertiary alicyclic amines) is 1. The number of benzene rings is 2. The number of nitrogens with two attached hydrogens (primary N) is 1. The van der Waals surface area contributed by atoms with Crippen LogP contribution in [0.4, 0.5) is 4.79 Å². The molecule has 0 saturated carbocycles. The number of sulfonamides is 1. The van der Waals surface area contributed by atoms with Crippen LogP contribution in [0.1, 0.15) is 59.4 Å². The first-order chi connectivity index (χ1) is 15.8. The Balaban J connectivity index is 1.66. The van der Waals surface area contributed by atoms with Gasteiger partial charge >= 0.3 is 6.09 Å². The SMILES string of the molecule is CC(C)(C)OC(=O)N1CC(CCC#Cc2ccccc2-c2ccc(S(N)(=O)=O)cc2)CC1(C)C. The zero-order valence-electron chi connectivity index (χ0n) is 20.6. The number of amides is 1. The molecule has 1 fully saturated rings. The van der Waals surface area contributed by atoms with E-state index in [-0.39, 0.29) is 16.5 Å². The van der Waals surface area contributed by atoms with Crippen LogP contribution < -0.4 is 5.14 Å². The van der Waals surface area contributed by atoms with Gasteiger partial charge in [-0.25, -0.2) is 18.4 Å². The molecule has 2 aromatic carbocycles. The average molecular weight is 483 g/mol. The molecule has 7 heteroatoms. The number of carbonyl (C=O) groups excluding carboxylic acids is 1. The van der Waals surface area contributed by atoms with Crippen molar-refractivity contribution in [2.45, 2.75) is 69.9 Å². The van der Waals surface area contributed by atoms with Gasteiger partial charge in [-0.2, -0.15) is 0 Å². The molecule has 0 aliphatic carbocycles. The van der Waals surface area contributed by atoms with Crippen molar-refractivity contribution in [2.75, 3.05) is 6.54 Å². The second-order valence-electron chi connectivity index (χ2n) is 10.4. The molecule has 1 amide bonds. The lowest BCUT2D eigenvalue weighted by Crippen LogP contribution is -2.45. The maximum Gasteiger partial charge on any atom is 0.410 e. The van der Waals surface area contributed by atoms with Gasteiger partial charge < -0.3 is 9.64 Å². The summed E-state index contributed by atoms with van der Waals surface area (Å²) in [5.41, 5.74) is 1.95. The fraction of sp³-hybridized carbons (Fsp3) is 0.444. The maximum atomic E-state index is 12.6. The molecule has 182 valence electrons. The van der Waals surface area contributed by atoms with Gasteiger partial charge in [0.1, 0.15) is 5.60 Å². The summed E-state index contributed by atoms with van der Waals surface area (Å²) in [6, 6.07) is 14.3. The normalized spacial score (nSPS) is 17.7. The van der Waals surface area contributed by atoms with Crippen molar-refractivity contribution in [2.24, 2.45) is 11.1 Å². The highest BCUT2D eigenvalue weighted by molar-refractivity contribution is 7.89. The second kappa shape index (κ2) is 9.81. The van der Waals surface area contributed by atoms with Gasteiger partial charge in [0.25, 0.3) is 0 Å². The van der Waals surface area contributed by atoms with E-state index in [0.29, 0.717) is 12.5 Å². The van der Waals surface area contributed by atoms with Gasteiger partial charge in [0.05, 0.1) is 4.90 Å². The Morgan fingerprint density at radius 3 is 2.41 bits per heavy atom. The van der Waals surface area contributed by atoms with E-state index >= 15 is 0 Å². The largest absolute Gasteiger partial charge is 0.444 e. The summed E-state index contributed by atoms with van der Waals surface area (Å²) in [5, 5.41) is 5.20. The molecule has 1 saturated heterocycles. The predicted molar refractivity (Wildman–Crippen MR) is 134 cm³/mol. The second-order valence-corrected chi connectivity index (χ2v) is 12.0. The van der Waals surface area contributed by atoms with Crippen molar-refractivity contribution >= 4 is 16.1 Å². The molecule has 1 heterocycles. The van der Waals surface area contributed by atoms with Crippen LogP contribution in [0.3, 0.4) is 0 Å². The lowest BCUT2D eigenvalue weighted by Gasteiger charge is -2.33. The van der Waals surface area contributed by atoms with E-state index in [4.69, 9.17) is 9.88 Å². The number of primary sulfonamides is 1. The van der Waals surface area contributed by atoms with Crippen molar-refractivity contribution < 1.29 is 17.9 Å². The molecule has 34 heavy (non-hydrogen) atoms. The first-order valence-corrected chi connectivity index (χ1v) is 13.0. The number of carbonyl (C=O) groups is 1. The van der Waals surface area contributed by atoms with Crippen LogP contribution >= 0.6 is 0 Å². The molecule has 0 aromatic heterocycles. The molecule has 3 rings (SSSR count). The standard InChI is InChI=1S/C27H34N2O4S/c1-26(2,3)33-25(30)29-19-20(18-27(29,4)5)10-6-7-11-21-12-8-9-13-24(21)22-14-16-23(17-15-22)34(28,31)32/h8-9,12-17,20H,6,10,18-19H2,1-5H3,(H2,28,31,32). The summed E-state index contributed by atoms with van der Waals surface area (Å²) >= 11 is 0. The van der Waals surface area contributed by atoms with Crippen molar-refractivity contribution in [1.29, 1.82) is 0 Å². The van der Waals surface area contributed by atoms with Gasteiger partial charge in [-0.05, 0) is 82.7 Å². The first kappa shape index (κ1) is 25.8. The van der Waals surface area contributed by atoms with Crippen LogP contribution in [0.25, 0.3) is 11.1 Å². The monoisotopic (exact) mass is 482 g/mol. The van der Waals surface area contributed by atoms with E-state index in [1.807, 2.05) is 49.9 Å². The van der Waals surface area contributed by atoms with Crippen LogP contribution in [0.15, 0.2) is 53.4 Å². The highest BCUT2D eigenvalue weighted by atomic mass is 32.2. The summed E-state index contributed by atoms with van der Waals surface area (Å²) < 4.78 is 28.6. The predicted octanol–water partition coefficient (Wildman–Crippen LogP) is 5.17. The van der Waals surface area contributed by atoms with Gasteiger partial charge in [0.2, 0.25) is 10.0 Å². The highest BCUT2D eigenvalue weighted by Crippen LogP contribution is 2.36. The molecule has 2 N–H and O–H groups in total. The van der Waals surface area contributed by atoms with E-state index in [1.165, 1.54) is 12.1 Å². The van der Waals surface area contributed by atoms with Crippen LogP contribution in [0, 0.1) is 17.8 Å². The van der Waals surface area contributed by atoms with E-state index in [9.17, 15) is 13.2 Å². The summed E-state index contributed by atoms with van der Waals surface area (Å²) in [5.74, 6) is 6.92. The topological polar surface area (TPSA) is 89.7 Å². The molecule has 0 bridgehead atoms. The number of nitrogens with zero attached hydrogens (tertiary/aromatic N) is 1. The van der Waals surface area contributed by atoms with Crippen molar-refractivity contribution in [3.05, 3.63) is 54.1 Å². The molecular weight excluding hydrogens is 448 g/mol. The Morgan fingerprint density at radius 2 is 1.79 bits per heavy atom. The molecule has 6 nitrogen and oxygen atoms in total. The van der Waals surface area contributed by atoms with E-state index in [2.05, 4.69) is 25.7 Å². The van der Waals surface area contributed by atoms with Crippen molar-refractivity contribution in [1.82, 2.24) is 4.90 Å². The zero-order chi connectivity index (χ0) is 25.1. The van der Waals surface area contributed by atoms with E-state index in [1.54, 1.807) is 12.1 Å². The Bertz CT molecular complexity index is 1200. The third kappa shape index (κ3) is 6.62. The summed E-state index contributed by atoms with van der Waals surface area (Å²) in [6.45, 7) is 10.5. The Kier molecular flexibility index (Phi) is 7.44. The summed E-state index contributed by atoms with van der Waals surface area (Å²) in [4.78, 5) is 14.5. The number of hydrogen-bond donors (Lipinski definition) is 1. The Morgan fingerprint density at radius 1 is 1.15 bits per heavy atom. The van der Waals surface area contributed by atoms with Crippen LogP contribution in [0.2, 0.25) is 0 Å². The lowest BCUT2D eigenvalue weighted by atomic mass is 9.93. The molecular formula is C27H34N2O4S. The van der Waals surface area contributed by atoms with Gasteiger partial charge in [-0.1, -0.05) is 42.2 Å². The van der Waals surface area contributed by atoms with Crippen molar-refractivity contribution in [3.63, 3.8) is 0 Å². The third-order valence-corrected chi connectivity index (χ3v) is 6.82. The molecule has 1 aliphatic rings. The Hall–Kier alpha value is -2.82. The fourth-order valence-electron chi connectivity index (χ4n) is 4.32. The molecule has 0 radical (unpaired) electrons. The molecule has 1 atom stereocenters. The minimum absolute atomic E-state index is 0.0831. The number of ether oxygens (including phenoxy) is 1. The van der Waals surface area contributed by atoms with Crippen LogP contribution in [-0.4, -0.2) is 37.1 Å². The molecule has 0 spiro atoms. The van der Waals surface area contributed by atoms with E-state index in [0.717, 1.165) is 36.0 Å². The zero-order valence-corrected chi connectivity index (χ0v) is 21.4. The van der Waals surface area contributed by atoms with Gasteiger partial charge in [0.15, 0.2) is 0 Å². The van der Waals surface area contributed by atoms with Gasteiger partial charge in [0, 0.05) is 24.1 Å². The lowest BCUT2D eigenvalue weighted by molar-refractivity contribution is 0.0131. The molecule has 1 aliphatic heterocycles. The minimum Gasteiger partial charge on any atom is -0.444 e. The molecule has 2 aromatic rings. The maximum absolute atomic E-state index is 12.6. The molecule has 1 unspecified atom stereocenters. The third-order valence-electron chi connectivity index (χ3n) is 5.90. The van der Waals surface area contributed by atoms with Gasteiger partial charge in [-0.15, -0.1) is 0 Å².